The lowest BCUT2D eigenvalue weighted by molar-refractivity contribution is 0.133. The fourth-order valence-electron chi connectivity index (χ4n) is 4.66. The number of piperidine rings is 2. The van der Waals surface area contributed by atoms with E-state index in [1.54, 1.807) is 5.57 Å². The molecule has 3 aliphatic rings. The van der Waals surface area contributed by atoms with Gasteiger partial charge in [0.1, 0.15) is 0 Å². The molecule has 0 aliphatic carbocycles. The van der Waals surface area contributed by atoms with Gasteiger partial charge in [0.2, 0.25) is 0 Å². The minimum absolute atomic E-state index is 0.827. The Balaban J connectivity index is 1.66. The van der Waals surface area contributed by atoms with Gasteiger partial charge in [-0.15, -0.1) is 0 Å². The zero-order valence-electron chi connectivity index (χ0n) is 14.3. The van der Waals surface area contributed by atoms with Crippen LogP contribution in [0.3, 0.4) is 0 Å². The first-order valence-corrected chi connectivity index (χ1v) is 10.9. The van der Waals surface area contributed by atoms with Gasteiger partial charge in [0.05, 0.1) is 0 Å². The minimum Gasteiger partial charge on any atom is -0.296 e. The Labute approximate surface area is 162 Å². The molecule has 0 spiro atoms. The molecule has 0 saturated carbocycles. The molecule has 3 heterocycles. The van der Waals surface area contributed by atoms with Gasteiger partial charge < -0.3 is 0 Å². The molecule has 1 atom stereocenters. The van der Waals surface area contributed by atoms with Crippen LogP contribution >= 0.6 is 27.7 Å². The Morgan fingerprint density at radius 3 is 2.80 bits per heavy atom. The summed E-state index contributed by atoms with van der Waals surface area (Å²) in [7, 11) is 0. The summed E-state index contributed by atoms with van der Waals surface area (Å²) in [5.74, 6) is 0. The SMILES string of the molecule is Brc1ccc2c(c1)C(=C1CCC3CCCCN3C1)c1ccccc1S2. The van der Waals surface area contributed by atoms with Crippen molar-refractivity contribution < 1.29 is 0 Å². The smallest absolute Gasteiger partial charge is 0.0205 e. The van der Waals surface area contributed by atoms with Crippen molar-refractivity contribution in [2.24, 2.45) is 0 Å². The average molecular weight is 412 g/mol. The first-order chi connectivity index (χ1) is 12.3. The van der Waals surface area contributed by atoms with Gasteiger partial charge in [0, 0.05) is 26.9 Å². The van der Waals surface area contributed by atoms with Gasteiger partial charge in [-0.2, -0.15) is 0 Å². The van der Waals surface area contributed by atoms with Crippen LogP contribution in [0, 0.1) is 0 Å². The standard InChI is InChI=1S/C22H22BrNS/c23-16-9-11-21-19(13-16)22(18-6-1-2-7-20(18)25-21)15-8-10-17-5-3-4-12-24(17)14-15/h1-2,6-7,9,11,13,17H,3-5,8,10,12,14H2. The Morgan fingerprint density at radius 2 is 1.84 bits per heavy atom. The summed E-state index contributed by atoms with van der Waals surface area (Å²) in [6.45, 7) is 2.44. The Kier molecular flexibility index (Phi) is 4.27. The van der Waals surface area contributed by atoms with Crippen molar-refractivity contribution in [2.45, 2.75) is 47.9 Å². The lowest BCUT2D eigenvalue weighted by Gasteiger charge is -2.41. The zero-order valence-corrected chi connectivity index (χ0v) is 16.7. The molecule has 1 nitrogen and oxygen atoms in total. The zero-order chi connectivity index (χ0) is 16.8. The van der Waals surface area contributed by atoms with Crippen LogP contribution in [-0.4, -0.2) is 24.0 Å². The second-order valence-corrected chi connectivity index (χ2v) is 9.38. The normalized spacial score (nSPS) is 25.9. The molecule has 1 unspecified atom stereocenters. The fraction of sp³-hybridized carbons (Fsp3) is 0.364. The largest absolute Gasteiger partial charge is 0.296 e. The molecular formula is C22H22BrNS. The van der Waals surface area contributed by atoms with Crippen LogP contribution in [0.5, 0.6) is 0 Å². The first kappa shape index (κ1) is 16.2. The second-order valence-electron chi connectivity index (χ2n) is 7.38. The van der Waals surface area contributed by atoms with E-state index in [-0.39, 0.29) is 0 Å². The molecule has 0 N–H and O–H groups in total. The summed E-state index contributed by atoms with van der Waals surface area (Å²) in [6, 6.07) is 16.5. The maximum Gasteiger partial charge on any atom is 0.0205 e. The number of fused-ring (bicyclic) bond motifs is 3. The van der Waals surface area contributed by atoms with E-state index < -0.39 is 0 Å². The quantitative estimate of drug-likeness (QED) is 0.422. The Hall–Kier alpha value is -1.03. The molecule has 0 amide bonds. The summed E-state index contributed by atoms with van der Waals surface area (Å²) >= 11 is 5.61. The van der Waals surface area contributed by atoms with Crippen LogP contribution in [0.1, 0.15) is 43.2 Å². The van der Waals surface area contributed by atoms with Crippen molar-refractivity contribution >= 4 is 33.3 Å². The summed E-state index contributed by atoms with van der Waals surface area (Å²) in [4.78, 5) is 5.54. The maximum atomic E-state index is 3.70. The van der Waals surface area contributed by atoms with Crippen molar-refractivity contribution in [2.75, 3.05) is 13.1 Å². The average Bonchev–Trinajstić information content (AvgIpc) is 2.66. The number of rotatable bonds is 0. The van der Waals surface area contributed by atoms with E-state index in [1.165, 1.54) is 69.6 Å². The molecule has 2 aromatic rings. The highest BCUT2D eigenvalue weighted by Gasteiger charge is 2.31. The van der Waals surface area contributed by atoms with Crippen LogP contribution in [0.4, 0.5) is 0 Å². The summed E-state index contributed by atoms with van der Waals surface area (Å²) in [5, 5.41) is 0. The van der Waals surface area contributed by atoms with E-state index in [0.29, 0.717) is 0 Å². The maximum absolute atomic E-state index is 3.70. The van der Waals surface area contributed by atoms with Crippen LogP contribution in [-0.2, 0) is 0 Å². The van der Waals surface area contributed by atoms with E-state index >= 15 is 0 Å². The van der Waals surface area contributed by atoms with Gasteiger partial charge in [-0.1, -0.05) is 52.3 Å². The van der Waals surface area contributed by atoms with Gasteiger partial charge in [0.25, 0.3) is 0 Å². The molecule has 2 fully saturated rings. The van der Waals surface area contributed by atoms with Crippen LogP contribution in [0.15, 0.2) is 62.3 Å². The summed E-state index contributed by atoms with van der Waals surface area (Å²) < 4.78 is 1.18. The molecule has 5 rings (SSSR count). The number of benzene rings is 2. The van der Waals surface area contributed by atoms with E-state index in [2.05, 4.69) is 63.3 Å². The van der Waals surface area contributed by atoms with Crippen molar-refractivity contribution in [3.05, 3.63) is 63.6 Å². The predicted octanol–water partition coefficient (Wildman–Crippen LogP) is 6.36. The highest BCUT2D eigenvalue weighted by Crippen LogP contribution is 2.48. The van der Waals surface area contributed by atoms with Gasteiger partial charge in [-0.25, -0.2) is 0 Å². The number of halogens is 1. The van der Waals surface area contributed by atoms with Crippen LogP contribution in [0.2, 0.25) is 0 Å². The first-order valence-electron chi connectivity index (χ1n) is 9.33. The Bertz CT molecular complexity index is 857. The molecule has 3 aliphatic heterocycles. The Morgan fingerprint density at radius 1 is 0.960 bits per heavy atom. The summed E-state index contributed by atoms with van der Waals surface area (Å²) in [5.41, 5.74) is 6.01. The predicted molar refractivity (Wildman–Crippen MR) is 109 cm³/mol. The lowest BCUT2D eigenvalue weighted by atomic mass is 9.84. The van der Waals surface area contributed by atoms with Gasteiger partial charge in [-0.05, 0) is 78.8 Å². The third-order valence-electron chi connectivity index (χ3n) is 5.86. The summed E-state index contributed by atoms with van der Waals surface area (Å²) in [6.07, 6.45) is 6.77. The number of hydrogen-bond donors (Lipinski definition) is 0. The molecule has 25 heavy (non-hydrogen) atoms. The number of nitrogens with zero attached hydrogens (tertiary/aromatic N) is 1. The lowest BCUT2D eigenvalue weighted by Crippen LogP contribution is -2.43. The van der Waals surface area contributed by atoms with Gasteiger partial charge >= 0.3 is 0 Å². The second kappa shape index (κ2) is 6.61. The highest BCUT2D eigenvalue weighted by molar-refractivity contribution is 9.10. The molecular weight excluding hydrogens is 390 g/mol. The molecule has 0 bridgehead atoms. The number of hydrogen-bond acceptors (Lipinski definition) is 2. The molecule has 2 saturated heterocycles. The van der Waals surface area contributed by atoms with Crippen molar-refractivity contribution in [1.29, 1.82) is 0 Å². The van der Waals surface area contributed by atoms with Crippen LogP contribution < -0.4 is 0 Å². The third-order valence-corrected chi connectivity index (χ3v) is 7.51. The van der Waals surface area contributed by atoms with E-state index in [0.717, 1.165) is 12.6 Å². The molecule has 0 aromatic heterocycles. The van der Waals surface area contributed by atoms with Crippen molar-refractivity contribution in [3.8, 4) is 0 Å². The molecule has 2 aromatic carbocycles. The monoisotopic (exact) mass is 411 g/mol. The van der Waals surface area contributed by atoms with E-state index in [4.69, 9.17) is 0 Å². The van der Waals surface area contributed by atoms with Gasteiger partial charge in [0.15, 0.2) is 0 Å². The third kappa shape index (κ3) is 2.90. The van der Waals surface area contributed by atoms with Crippen LogP contribution in [0.25, 0.3) is 5.57 Å². The molecule has 0 radical (unpaired) electrons. The highest BCUT2D eigenvalue weighted by atomic mass is 79.9. The molecule has 3 heteroatoms. The fourth-order valence-corrected chi connectivity index (χ4v) is 6.09. The minimum atomic E-state index is 0.827. The topological polar surface area (TPSA) is 3.24 Å². The van der Waals surface area contributed by atoms with Gasteiger partial charge in [-0.3, -0.25) is 4.90 Å². The van der Waals surface area contributed by atoms with Crippen molar-refractivity contribution in [1.82, 2.24) is 4.90 Å². The molecule has 128 valence electrons. The van der Waals surface area contributed by atoms with E-state index in [1.807, 2.05) is 11.8 Å². The van der Waals surface area contributed by atoms with E-state index in [9.17, 15) is 0 Å². The van der Waals surface area contributed by atoms with Crippen molar-refractivity contribution in [3.63, 3.8) is 0 Å².